The van der Waals surface area contributed by atoms with E-state index in [0.717, 1.165) is 0 Å². The summed E-state index contributed by atoms with van der Waals surface area (Å²) in [5, 5.41) is 11.6. The molecule has 2 amide bonds. The number of benzene rings is 1. The van der Waals surface area contributed by atoms with Crippen molar-refractivity contribution in [3.05, 3.63) is 54.3 Å². The van der Waals surface area contributed by atoms with Crippen LogP contribution in [-0.2, 0) is 16.0 Å². The van der Waals surface area contributed by atoms with Gasteiger partial charge >= 0.3 is 11.8 Å². The van der Waals surface area contributed by atoms with Gasteiger partial charge in [-0.3, -0.25) is 14.7 Å². The van der Waals surface area contributed by atoms with Crippen molar-refractivity contribution < 1.29 is 18.4 Å². The SMILES string of the molecule is O=C(NCCc1nc(-c2ccco2)n[nH]1)C(=O)Nc1ccc(F)cc1. The lowest BCUT2D eigenvalue weighted by molar-refractivity contribution is -0.136. The molecule has 0 aliphatic carbocycles. The molecule has 0 fully saturated rings. The average molecular weight is 343 g/mol. The van der Waals surface area contributed by atoms with Gasteiger partial charge in [-0.1, -0.05) is 0 Å². The number of carbonyl (C=O) groups is 2. The Bertz CT molecular complexity index is 858. The van der Waals surface area contributed by atoms with Gasteiger partial charge in [0.05, 0.1) is 6.26 Å². The molecule has 0 atom stereocenters. The number of aromatic amines is 1. The van der Waals surface area contributed by atoms with Gasteiger partial charge in [-0.15, -0.1) is 0 Å². The molecule has 3 rings (SSSR count). The van der Waals surface area contributed by atoms with Crippen LogP contribution in [0.1, 0.15) is 5.82 Å². The largest absolute Gasteiger partial charge is 0.461 e. The standard InChI is InChI=1S/C16H14FN5O3/c17-10-3-5-11(6-4-10)19-16(24)15(23)18-8-7-13-20-14(22-21-13)12-2-1-9-25-12/h1-6,9H,7-8H2,(H,18,23)(H,19,24)(H,20,21,22). The second kappa shape index (κ2) is 7.39. The fourth-order valence-electron chi connectivity index (χ4n) is 2.02. The van der Waals surface area contributed by atoms with Gasteiger partial charge in [0.1, 0.15) is 11.6 Å². The first kappa shape index (κ1) is 16.4. The minimum Gasteiger partial charge on any atom is -0.461 e. The molecule has 25 heavy (non-hydrogen) atoms. The van der Waals surface area contributed by atoms with Crippen LogP contribution in [0.15, 0.2) is 47.1 Å². The van der Waals surface area contributed by atoms with Gasteiger partial charge in [-0.25, -0.2) is 9.37 Å². The van der Waals surface area contributed by atoms with Gasteiger partial charge in [0.15, 0.2) is 5.76 Å². The number of nitrogens with zero attached hydrogens (tertiary/aromatic N) is 2. The van der Waals surface area contributed by atoms with Gasteiger partial charge in [-0.2, -0.15) is 5.10 Å². The second-order valence-electron chi connectivity index (χ2n) is 5.05. The molecule has 0 unspecified atom stereocenters. The predicted molar refractivity (Wildman–Crippen MR) is 85.8 cm³/mol. The van der Waals surface area contributed by atoms with E-state index in [0.29, 0.717) is 29.5 Å². The molecule has 3 aromatic rings. The highest BCUT2D eigenvalue weighted by atomic mass is 19.1. The highest BCUT2D eigenvalue weighted by Crippen LogP contribution is 2.14. The predicted octanol–water partition coefficient (Wildman–Crippen LogP) is 1.50. The quantitative estimate of drug-likeness (QED) is 0.608. The molecule has 1 aromatic carbocycles. The van der Waals surface area contributed by atoms with E-state index >= 15 is 0 Å². The van der Waals surface area contributed by atoms with Crippen LogP contribution in [0.4, 0.5) is 10.1 Å². The lowest BCUT2D eigenvalue weighted by Gasteiger charge is -2.05. The maximum absolute atomic E-state index is 12.8. The third-order valence-corrected chi connectivity index (χ3v) is 3.23. The van der Waals surface area contributed by atoms with Crippen molar-refractivity contribution in [3.63, 3.8) is 0 Å². The molecule has 0 spiro atoms. The number of furan rings is 1. The summed E-state index contributed by atoms with van der Waals surface area (Å²) in [5.74, 6) is -0.560. The van der Waals surface area contributed by atoms with Crippen molar-refractivity contribution in [1.29, 1.82) is 0 Å². The molecule has 2 aromatic heterocycles. The van der Waals surface area contributed by atoms with E-state index in [1.807, 2.05) is 0 Å². The molecule has 9 heteroatoms. The Morgan fingerprint density at radius 3 is 2.68 bits per heavy atom. The number of carbonyl (C=O) groups excluding carboxylic acids is 2. The third kappa shape index (κ3) is 4.28. The van der Waals surface area contributed by atoms with Gasteiger partial charge in [0, 0.05) is 18.7 Å². The Labute approximate surface area is 141 Å². The molecule has 8 nitrogen and oxygen atoms in total. The van der Waals surface area contributed by atoms with Gasteiger partial charge in [0.25, 0.3) is 0 Å². The van der Waals surface area contributed by atoms with Crippen molar-refractivity contribution in [3.8, 4) is 11.6 Å². The Kier molecular flexibility index (Phi) is 4.84. The number of anilines is 1. The molecule has 0 saturated heterocycles. The van der Waals surface area contributed by atoms with Crippen LogP contribution in [0.3, 0.4) is 0 Å². The normalized spacial score (nSPS) is 10.4. The van der Waals surface area contributed by atoms with E-state index in [4.69, 9.17) is 4.42 Å². The molecular weight excluding hydrogens is 329 g/mol. The minimum absolute atomic E-state index is 0.197. The van der Waals surface area contributed by atoms with Crippen LogP contribution in [0, 0.1) is 5.82 Å². The third-order valence-electron chi connectivity index (χ3n) is 3.23. The summed E-state index contributed by atoms with van der Waals surface area (Å²) < 4.78 is 18.0. The number of amides is 2. The molecular formula is C16H14FN5O3. The Morgan fingerprint density at radius 1 is 1.16 bits per heavy atom. The lowest BCUT2D eigenvalue weighted by atomic mass is 10.3. The van der Waals surface area contributed by atoms with Crippen LogP contribution in [0.25, 0.3) is 11.6 Å². The van der Waals surface area contributed by atoms with Crippen molar-refractivity contribution in [2.24, 2.45) is 0 Å². The van der Waals surface area contributed by atoms with Crippen molar-refractivity contribution in [2.75, 3.05) is 11.9 Å². The maximum atomic E-state index is 12.8. The summed E-state index contributed by atoms with van der Waals surface area (Å²) in [5.41, 5.74) is 0.333. The molecule has 0 radical (unpaired) electrons. The zero-order valence-corrected chi connectivity index (χ0v) is 13.0. The number of nitrogens with one attached hydrogen (secondary N) is 3. The lowest BCUT2D eigenvalue weighted by Crippen LogP contribution is -2.36. The molecule has 0 saturated carbocycles. The summed E-state index contributed by atoms with van der Waals surface area (Å²) >= 11 is 0. The molecule has 2 heterocycles. The first-order valence-corrected chi connectivity index (χ1v) is 7.42. The Balaban J connectivity index is 1.46. The average Bonchev–Trinajstić information content (AvgIpc) is 3.28. The van der Waals surface area contributed by atoms with Crippen LogP contribution in [0.5, 0.6) is 0 Å². The summed E-state index contributed by atoms with van der Waals surface area (Å²) in [6.45, 7) is 0.197. The first-order chi connectivity index (χ1) is 12.1. The number of aromatic nitrogens is 3. The van der Waals surface area contributed by atoms with E-state index in [-0.39, 0.29) is 6.54 Å². The smallest absolute Gasteiger partial charge is 0.313 e. The zero-order chi connectivity index (χ0) is 17.6. The topological polar surface area (TPSA) is 113 Å². The van der Waals surface area contributed by atoms with Gasteiger partial charge in [-0.05, 0) is 36.4 Å². The second-order valence-corrected chi connectivity index (χ2v) is 5.05. The van der Waals surface area contributed by atoms with Crippen molar-refractivity contribution in [1.82, 2.24) is 20.5 Å². The monoisotopic (exact) mass is 343 g/mol. The highest BCUT2D eigenvalue weighted by molar-refractivity contribution is 6.39. The summed E-state index contributed by atoms with van der Waals surface area (Å²) in [6.07, 6.45) is 1.88. The van der Waals surface area contributed by atoms with Crippen molar-refractivity contribution >= 4 is 17.5 Å². The zero-order valence-electron chi connectivity index (χ0n) is 13.0. The van der Waals surface area contributed by atoms with E-state index < -0.39 is 17.6 Å². The van der Waals surface area contributed by atoms with E-state index in [1.54, 1.807) is 12.1 Å². The molecule has 0 aliphatic rings. The number of halogens is 1. The van der Waals surface area contributed by atoms with Crippen LogP contribution in [-0.4, -0.2) is 33.5 Å². The van der Waals surface area contributed by atoms with E-state index in [1.165, 1.54) is 30.5 Å². The van der Waals surface area contributed by atoms with Gasteiger partial charge in [0.2, 0.25) is 5.82 Å². The van der Waals surface area contributed by atoms with Crippen LogP contribution in [0.2, 0.25) is 0 Å². The van der Waals surface area contributed by atoms with Gasteiger partial charge < -0.3 is 15.1 Å². The van der Waals surface area contributed by atoms with Crippen LogP contribution < -0.4 is 10.6 Å². The summed E-state index contributed by atoms with van der Waals surface area (Å²) in [6, 6.07) is 8.57. The first-order valence-electron chi connectivity index (χ1n) is 7.42. The summed E-state index contributed by atoms with van der Waals surface area (Å²) in [4.78, 5) is 27.7. The Hall–Kier alpha value is -3.49. The number of H-pyrrole nitrogens is 1. The van der Waals surface area contributed by atoms with Crippen molar-refractivity contribution in [2.45, 2.75) is 6.42 Å². The van der Waals surface area contributed by atoms with E-state index in [2.05, 4.69) is 25.8 Å². The molecule has 0 aliphatic heterocycles. The minimum atomic E-state index is -0.833. The summed E-state index contributed by atoms with van der Waals surface area (Å²) in [7, 11) is 0. The number of rotatable bonds is 5. The maximum Gasteiger partial charge on any atom is 0.313 e. The van der Waals surface area contributed by atoms with Crippen LogP contribution >= 0.6 is 0 Å². The molecule has 0 bridgehead atoms. The fourth-order valence-corrected chi connectivity index (χ4v) is 2.02. The fraction of sp³-hybridized carbons (Fsp3) is 0.125. The van der Waals surface area contributed by atoms with E-state index in [9.17, 15) is 14.0 Å². The molecule has 3 N–H and O–H groups in total. The Morgan fingerprint density at radius 2 is 1.96 bits per heavy atom. The number of hydrogen-bond acceptors (Lipinski definition) is 5. The highest BCUT2D eigenvalue weighted by Gasteiger charge is 2.14. The molecule has 128 valence electrons. The number of hydrogen-bond donors (Lipinski definition) is 3.